The lowest BCUT2D eigenvalue weighted by molar-refractivity contribution is -0.130. The number of sulfonamides is 1. The van der Waals surface area contributed by atoms with Crippen LogP contribution in [0.4, 0.5) is 0 Å². The lowest BCUT2D eigenvalue weighted by Crippen LogP contribution is -2.56. The monoisotopic (exact) mass is 626 g/mol. The van der Waals surface area contributed by atoms with Gasteiger partial charge in [-0.2, -0.15) is 4.31 Å². The molecule has 0 aromatic heterocycles. The smallest absolute Gasteiger partial charge is 0.243 e. The third kappa shape index (κ3) is 8.95. The number of aliphatic hydroxyl groups excluding tert-OH is 1. The summed E-state index contributed by atoms with van der Waals surface area (Å²) in [6.45, 7) is 5.44. The van der Waals surface area contributed by atoms with Gasteiger partial charge in [0.1, 0.15) is 6.04 Å². The van der Waals surface area contributed by atoms with E-state index in [0.29, 0.717) is 11.5 Å². The number of nitrogens with zero attached hydrogens (tertiary/aromatic N) is 2. The Morgan fingerprint density at radius 3 is 2.43 bits per heavy atom. The summed E-state index contributed by atoms with van der Waals surface area (Å²) in [5.74, 6) is 2.33. The van der Waals surface area contributed by atoms with Gasteiger partial charge >= 0.3 is 0 Å². The van der Waals surface area contributed by atoms with Gasteiger partial charge in [-0.15, -0.1) is 12.3 Å². The molecule has 2 amide bonds. The number of carbonyl (C=O) groups is 2. The Kier molecular flexibility index (Phi) is 11.6. The van der Waals surface area contributed by atoms with Crippen molar-refractivity contribution in [2.45, 2.75) is 62.6 Å². The number of terminal acetylenes is 1. The maximum atomic E-state index is 13.8. The third-order valence-electron chi connectivity index (χ3n) is 7.57. The molecule has 0 saturated carbocycles. The molecular weight excluding hydrogens is 584 g/mol. The Morgan fingerprint density at radius 2 is 1.75 bits per heavy atom. The first-order valence-electron chi connectivity index (χ1n) is 14.9. The van der Waals surface area contributed by atoms with Crippen molar-refractivity contribution in [2.75, 3.05) is 39.5 Å². The van der Waals surface area contributed by atoms with E-state index in [2.05, 4.69) is 16.6 Å². The fraction of sp³-hybridized carbons (Fsp3) is 0.500. The summed E-state index contributed by atoms with van der Waals surface area (Å²) < 4.78 is 39.6. The highest BCUT2D eigenvalue weighted by Gasteiger charge is 2.33. The standard InChI is InChI=1S/C32H42N4O7S/c1-4-10-26(33-31(38)21-35-15-8-9-16-35)32(39)34-27(17-24-11-6-5-7-12-24)28(37)20-36(19-23(2)3)44(40,41)25-13-14-29-30(18-25)43-22-42-29/h1,5-7,11-14,18,23,26-28,37H,8-10,15-17,19-22H2,2-3H3,(H,33,38)(H,34,39)/t26-,27-,28+/m0/s1. The number of amides is 2. The van der Waals surface area contributed by atoms with Crippen molar-refractivity contribution in [3.63, 3.8) is 0 Å². The molecule has 2 aliphatic rings. The zero-order valence-corrected chi connectivity index (χ0v) is 26.1. The zero-order chi connectivity index (χ0) is 31.7. The molecule has 2 heterocycles. The number of carbonyl (C=O) groups excluding carboxylic acids is 2. The minimum absolute atomic E-state index is 0.00744. The van der Waals surface area contributed by atoms with Crippen molar-refractivity contribution < 1.29 is 32.6 Å². The second-order valence-corrected chi connectivity index (χ2v) is 13.6. The van der Waals surface area contributed by atoms with Crippen molar-refractivity contribution in [2.24, 2.45) is 5.92 Å². The summed E-state index contributed by atoms with van der Waals surface area (Å²) in [6, 6.07) is 11.8. The second kappa shape index (κ2) is 15.4. The predicted molar refractivity (Wildman–Crippen MR) is 165 cm³/mol. The van der Waals surface area contributed by atoms with Crippen LogP contribution >= 0.6 is 0 Å². The number of fused-ring (bicyclic) bond motifs is 1. The molecule has 12 heteroatoms. The number of ether oxygens (including phenoxy) is 2. The van der Waals surface area contributed by atoms with Gasteiger partial charge in [-0.1, -0.05) is 44.2 Å². The highest BCUT2D eigenvalue weighted by atomic mass is 32.2. The number of likely N-dealkylation sites (tertiary alicyclic amines) is 1. The van der Waals surface area contributed by atoms with Crippen molar-refractivity contribution in [3.8, 4) is 23.8 Å². The molecule has 1 fully saturated rings. The van der Waals surface area contributed by atoms with Gasteiger partial charge in [0.15, 0.2) is 11.5 Å². The van der Waals surface area contributed by atoms with E-state index in [9.17, 15) is 23.1 Å². The average Bonchev–Trinajstić information content (AvgIpc) is 3.68. The molecule has 0 radical (unpaired) electrons. The van der Waals surface area contributed by atoms with E-state index in [1.165, 1.54) is 16.4 Å². The van der Waals surface area contributed by atoms with Crippen molar-refractivity contribution in [1.82, 2.24) is 19.8 Å². The van der Waals surface area contributed by atoms with Gasteiger partial charge < -0.3 is 25.2 Å². The first-order chi connectivity index (χ1) is 21.1. The molecule has 0 aliphatic carbocycles. The number of aliphatic hydroxyl groups is 1. The van der Waals surface area contributed by atoms with Gasteiger partial charge in [0.25, 0.3) is 0 Å². The van der Waals surface area contributed by atoms with Crippen LogP contribution in [-0.2, 0) is 26.0 Å². The van der Waals surface area contributed by atoms with Gasteiger partial charge in [-0.05, 0) is 56.0 Å². The number of hydrogen-bond acceptors (Lipinski definition) is 8. The molecule has 4 rings (SSSR count). The largest absolute Gasteiger partial charge is 0.454 e. The van der Waals surface area contributed by atoms with Gasteiger partial charge in [-0.25, -0.2) is 8.42 Å². The summed E-state index contributed by atoms with van der Waals surface area (Å²) in [4.78, 5) is 28.2. The van der Waals surface area contributed by atoms with Crippen molar-refractivity contribution in [3.05, 3.63) is 54.1 Å². The lowest BCUT2D eigenvalue weighted by Gasteiger charge is -2.31. The molecule has 1 saturated heterocycles. The average molecular weight is 627 g/mol. The summed E-state index contributed by atoms with van der Waals surface area (Å²) >= 11 is 0. The van der Waals surface area contributed by atoms with Crippen LogP contribution < -0.4 is 20.1 Å². The van der Waals surface area contributed by atoms with Gasteiger partial charge in [0.05, 0.1) is 23.6 Å². The number of hydrogen-bond donors (Lipinski definition) is 3. The molecule has 2 aromatic rings. The lowest BCUT2D eigenvalue weighted by atomic mass is 10.00. The van der Waals surface area contributed by atoms with E-state index in [1.807, 2.05) is 49.1 Å². The highest BCUT2D eigenvalue weighted by Crippen LogP contribution is 2.35. The van der Waals surface area contributed by atoms with Crippen LogP contribution in [0, 0.1) is 18.3 Å². The topological polar surface area (TPSA) is 138 Å². The third-order valence-corrected chi connectivity index (χ3v) is 9.40. The van der Waals surface area contributed by atoms with Crippen LogP contribution in [0.3, 0.4) is 0 Å². The Bertz CT molecular complexity index is 1420. The number of nitrogens with one attached hydrogen (secondary N) is 2. The Hall–Kier alpha value is -3.63. The first-order valence-corrected chi connectivity index (χ1v) is 16.4. The van der Waals surface area contributed by atoms with E-state index in [-0.39, 0.29) is 56.0 Å². The molecule has 3 N–H and O–H groups in total. The second-order valence-electron chi connectivity index (χ2n) is 11.6. The quantitative estimate of drug-likeness (QED) is 0.255. The summed E-state index contributed by atoms with van der Waals surface area (Å²) in [7, 11) is -4.06. The molecule has 0 unspecified atom stereocenters. The zero-order valence-electron chi connectivity index (χ0n) is 25.3. The van der Waals surface area contributed by atoms with E-state index in [4.69, 9.17) is 15.9 Å². The van der Waals surface area contributed by atoms with E-state index >= 15 is 0 Å². The predicted octanol–water partition coefficient (Wildman–Crippen LogP) is 1.75. The minimum Gasteiger partial charge on any atom is -0.454 e. The molecule has 3 atom stereocenters. The molecule has 0 bridgehead atoms. The highest BCUT2D eigenvalue weighted by molar-refractivity contribution is 7.89. The van der Waals surface area contributed by atoms with Crippen LogP contribution in [-0.4, -0.2) is 92.2 Å². The van der Waals surface area contributed by atoms with Crippen LogP contribution in [0.15, 0.2) is 53.4 Å². The SMILES string of the molecule is C#CC[C@H](NC(=O)CN1CCCC1)C(=O)N[C@@H](Cc1ccccc1)[C@H](O)CN(CC(C)C)S(=O)(=O)c1ccc2c(c1)OCO2. The van der Waals surface area contributed by atoms with Crippen LogP contribution in [0.2, 0.25) is 0 Å². The molecule has 2 aromatic carbocycles. The molecule has 0 spiro atoms. The maximum absolute atomic E-state index is 13.8. The Balaban J connectivity index is 1.53. The van der Waals surface area contributed by atoms with Crippen molar-refractivity contribution >= 4 is 21.8 Å². The molecule has 2 aliphatic heterocycles. The van der Waals surface area contributed by atoms with Crippen LogP contribution in [0.25, 0.3) is 0 Å². The molecule has 11 nitrogen and oxygen atoms in total. The van der Waals surface area contributed by atoms with Crippen LogP contribution in [0.5, 0.6) is 11.5 Å². The minimum atomic E-state index is -4.06. The van der Waals surface area contributed by atoms with Gasteiger partial charge in [0.2, 0.25) is 28.6 Å². The van der Waals surface area contributed by atoms with Crippen molar-refractivity contribution in [1.29, 1.82) is 0 Å². The Morgan fingerprint density at radius 1 is 1.05 bits per heavy atom. The van der Waals surface area contributed by atoms with E-state index < -0.39 is 34.1 Å². The fourth-order valence-electron chi connectivity index (χ4n) is 5.35. The number of benzene rings is 2. The summed E-state index contributed by atoms with van der Waals surface area (Å²) in [5.41, 5.74) is 0.831. The fourth-order valence-corrected chi connectivity index (χ4v) is 6.98. The normalized spacial score (nSPS) is 16.8. The summed E-state index contributed by atoms with van der Waals surface area (Å²) in [6.07, 6.45) is 6.48. The maximum Gasteiger partial charge on any atom is 0.243 e. The van der Waals surface area contributed by atoms with Gasteiger partial charge in [-0.3, -0.25) is 14.5 Å². The van der Waals surface area contributed by atoms with E-state index in [1.54, 1.807) is 6.07 Å². The molecule has 238 valence electrons. The first kappa shape index (κ1) is 33.3. The molecule has 44 heavy (non-hydrogen) atoms. The summed E-state index contributed by atoms with van der Waals surface area (Å²) in [5, 5.41) is 17.2. The number of rotatable bonds is 15. The van der Waals surface area contributed by atoms with Crippen LogP contribution in [0.1, 0.15) is 38.7 Å². The Labute approximate surface area is 259 Å². The van der Waals surface area contributed by atoms with E-state index in [0.717, 1.165) is 31.5 Å². The van der Waals surface area contributed by atoms with Gasteiger partial charge in [0, 0.05) is 25.6 Å². The molecular formula is C32H42N4O7S.